The number of benzene rings is 1. The molecule has 1 aromatic carbocycles. The number of nitrogens with zero attached hydrogens (tertiary/aromatic N) is 3. The lowest BCUT2D eigenvalue weighted by Crippen LogP contribution is -2.40. The van der Waals surface area contributed by atoms with Gasteiger partial charge in [-0.1, -0.05) is 37.3 Å². The van der Waals surface area contributed by atoms with Gasteiger partial charge in [0, 0.05) is 19.7 Å². The first kappa shape index (κ1) is 31.7. The van der Waals surface area contributed by atoms with E-state index >= 15 is 0 Å². The van der Waals surface area contributed by atoms with Crippen molar-refractivity contribution in [2.45, 2.75) is 97.0 Å². The number of hydrogen-bond donors (Lipinski definition) is 1. The number of anilines is 1. The number of carbonyl (C=O) groups excluding carboxylic acids is 2. The Morgan fingerprint density at radius 2 is 1.93 bits per heavy atom. The van der Waals surface area contributed by atoms with Crippen molar-refractivity contribution >= 4 is 26.2 Å². The van der Waals surface area contributed by atoms with Crippen molar-refractivity contribution in [3.05, 3.63) is 58.6 Å². The Bertz CT molecular complexity index is 1370. The summed E-state index contributed by atoms with van der Waals surface area (Å²) in [5.41, 5.74) is -0.814. The minimum Gasteiger partial charge on any atom is -0.438 e. The Morgan fingerprint density at radius 1 is 1.19 bits per heavy atom. The molecule has 1 amide bonds. The molecule has 3 aliphatic heterocycles. The number of hydrogen-bond acceptors (Lipinski definition) is 10. The predicted molar refractivity (Wildman–Crippen MR) is 159 cm³/mol. The smallest absolute Gasteiger partial charge is 0.351 e. The van der Waals surface area contributed by atoms with Crippen molar-refractivity contribution in [2.75, 3.05) is 18.7 Å². The molecule has 0 bridgehead atoms. The second-order valence-electron chi connectivity index (χ2n) is 12.3. The molecule has 1 N–H and O–H groups in total. The summed E-state index contributed by atoms with van der Waals surface area (Å²) in [7, 11) is -1.51. The van der Waals surface area contributed by atoms with E-state index in [1.807, 2.05) is 25.1 Å². The monoisotopic (exact) mass is 616 g/mol. The zero-order chi connectivity index (χ0) is 30.9. The standard InChI is InChI=1S/C30H41N4O8P/c1-7-21-24(41-43-34-16-11-14-22(34)30(6,42-43)20-12-9-8-10-13-20)25(38-18-39-27(36)29(3,4)5)26(40-21)33-17-15-23(31-19(2)35)32-28(33)37/h8-10,12-13,15,17,21-22,24-26H,7,11,14,16,18H2,1-6H3,(H,31,32,35,37)/t21-,22-,24+,25?,26-,30+,43-/m1/s1. The number of amides is 1. The van der Waals surface area contributed by atoms with Crippen molar-refractivity contribution < 1.29 is 32.8 Å². The first-order valence-corrected chi connectivity index (χ1v) is 15.8. The van der Waals surface area contributed by atoms with Gasteiger partial charge in [0.1, 0.15) is 23.6 Å². The lowest BCUT2D eigenvalue weighted by Gasteiger charge is -2.30. The van der Waals surface area contributed by atoms with Gasteiger partial charge in [-0.25, -0.2) is 9.46 Å². The van der Waals surface area contributed by atoms with E-state index in [2.05, 4.69) is 34.0 Å². The Kier molecular flexibility index (Phi) is 9.37. The van der Waals surface area contributed by atoms with Crippen LogP contribution in [0.5, 0.6) is 0 Å². The molecular formula is C30H41N4O8P. The molecule has 3 saturated heterocycles. The van der Waals surface area contributed by atoms with Gasteiger partial charge < -0.3 is 28.6 Å². The third-order valence-electron chi connectivity index (χ3n) is 8.06. The van der Waals surface area contributed by atoms with Gasteiger partial charge in [0.2, 0.25) is 5.91 Å². The van der Waals surface area contributed by atoms with E-state index in [0.717, 1.165) is 24.9 Å². The molecule has 0 radical (unpaired) electrons. The highest BCUT2D eigenvalue weighted by Crippen LogP contribution is 2.64. The lowest BCUT2D eigenvalue weighted by atomic mass is 9.87. The van der Waals surface area contributed by atoms with E-state index in [1.54, 1.807) is 20.8 Å². The first-order valence-electron chi connectivity index (χ1n) is 14.7. The molecule has 13 heteroatoms. The van der Waals surface area contributed by atoms with Gasteiger partial charge in [-0.2, -0.15) is 4.98 Å². The van der Waals surface area contributed by atoms with Crippen LogP contribution in [0.3, 0.4) is 0 Å². The summed E-state index contributed by atoms with van der Waals surface area (Å²) in [6.45, 7) is 11.2. The number of fused-ring (bicyclic) bond motifs is 1. The van der Waals surface area contributed by atoms with Crippen molar-refractivity contribution in [3.8, 4) is 0 Å². The van der Waals surface area contributed by atoms with Gasteiger partial charge in [-0.3, -0.25) is 14.2 Å². The van der Waals surface area contributed by atoms with E-state index in [1.165, 1.54) is 23.8 Å². The Hall–Kier alpha value is -2.73. The molecule has 234 valence electrons. The average molecular weight is 617 g/mol. The fourth-order valence-electron chi connectivity index (χ4n) is 5.79. The third kappa shape index (κ3) is 6.55. The Labute approximate surface area is 253 Å². The largest absolute Gasteiger partial charge is 0.438 e. The fraction of sp³-hybridized carbons (Fsp3) is 0.600. The van der Waals surface area contributed by atoms with Crippen molar-refractivity contribution in [3.63, 3.8) is 0 Å². The minimum atomic E-state index is -1.51. The quantitative estimate of drug-likeness (QED) is 0.245. The maximum Gasteiger partial charge on any atom is 0.351 e. The SMILES string of the molecule is CC[C@H]1O[C@@H](n2ccc(NC(C)=O)nc2=O)C(OCOC(=O)C(C)(C)C)[C@H]1O[P@]1O[C@@](C)(c2ccccc2)[C@H]2CCCN21. The molecule has 0 aliphatic carbocycles. The molecule has 0 saturated carbocycles. The van der Waals surface area contributed by atoms with Crippen LogP contribution in [0.4, 0.5) is 5.82 Å². The summed E-state index contributed by atoms with van der Waals surface area (Å²) in [6, 6.07) is 11.8. The molecule has 1 aromatic heterocycles. The molecule has 1 unspecified atom stereocenters. The summed E-state index contributed by atoms with van der Waals surface area (Å²) in [5.74, 6) is -0.635. The number of rotatable bonds is 9. The predicted octanol–water partition coefficient (Wildman–Crippen LogP) is 4.46. The van der Waals surface area contributed by atoms with Crippen LogP contribution in [0.1, 0.15) is 72.6 Å². The summed E-state index contributed by atoms with van der Waals surface area (Å²) < 4.78 is 35.2. The van der Waals surface area contributed by atoms with Crippen LogP contribution in [0.2, 0.25) is 0 Å². The van der Waals surface area contributed by atoms with Crippen molar-refractivity contribution in [1.29, 1.82) is 0 Å². The van der Waals surface area contributed by atoms with Crippen LogP contribution in [-0.2, 0) is 38.4 Å². The highest BCUT2D eigenvalue weighted by molar-refractivity contribution is 7.45. The molecule has 12 nitrogen and oxygen atoms in total. The van der Waals surface area contributed by atoms with Gasteiger partial charge in [0.15, 0.2) is 13.0 Å². The number of aromatic nitrogens is 2. The second kappa shape index (κ2) is 12.7. The highest BCUT2D eigenvalue weighted by atomic mass is 31.2. The Balaban J connectivity index is 1.43. The second-order valence-corrected chi connectivity index (χ2v) is 13.7. The zero-order valence-electron chi connectivity index (χ0n) is 25.5. The van der Waals surface area contributed by atoms with Crippen LogP contribution >= 0.6 is 8.53 Å². The molecule has 4 heterocycles. The summed E-state index contributed by atoms with van der Waals surface area (Å²) in [6.07, 6.45) is 1.22. The first-order chi connectivity index (χ1) is 20.4. The Morgan fingerprint density at radius 3 is 2.58 bits per heavy atom. The van der Waals surface area contributed by atoms with E-state index in [4.69, 9.17) is 23.3 Å². The van der Waals surface area contributed by atoms with E-state index in [0.29, 0.717) is 6.42 Å². The fourth-order valence-corrected chi connectivity index (χ4v) is 7.94. The van der Waals surface area contributed by atoms with Crippen molar-refractivity contribution in [2.24, 2.45) is 5.41 Å². The maximum absolute atomic E-state index is 13.1. The molecular weight excluding hydrogens is 575 g/mol. The molecule has 43 heavy (non-hydrogen) atoms. The molecule has 3 fully saturated rings. The van der Waals surface area contributed by atoms with Crippen LogP contribution in [0.15, 0.2) is 47.4 Å². The lowest BCUT2D eigenvalue weighted by molar-refractivity contribution is -0.178. The van der Waals surface area contributed by atoms with Crippen LogP contribution in [-0.4, -0.2) is 63.8 Å². The molecule has 0 spiro atoms. The van der Waals surface area contributed by atoms with Crippen LogP contribution in [0.25, 0.3) is 0 Å². The van der Waals surface area contributed by atoms with Gasteiger partial charge in [-0.05, 0) is 58.6 Å². The average Bonchev–Trinajstić information content (AvgIpc) is 3.64. The topological polar surface area (TPSA) is 130 Å². The van der Waals surface area contributed by atoms with E-state index < -0.39 is 55.7 Å². The molecule has 7 atom stereocenters. The van der Waals surface area contributed by atoms with E-state index in [-0.39, 0.29) is 24.6 Å². The third-order valence-corrected chi connectivity index (χ3v) is 9.91. The highest BCUT2D eigenvalue weighted by Gasteiger charge is 2.57. The maximum atomic E-state index is 13.1. The van der Waals surface area contributed by atoms with Crippen molar-refractivity contribution in [1.82, 2.24) is 14.2 Å². The number of esters is 1. The minimum absolute atomic E-state index is 0.131. The van der Waals surface area contributed by atoms with Crippen LogP contribution in [0, 0.1) is 5.41 Å². The van der Waals surface area contributed by atoms with Gasteiger partial charge in [-0.15, -0.1) is 0 Å². The van der Waals surface area contributed by atoms with E-state index in [9.17, 15) is 14.4 Å². The molecule has 3 aliphatic rings. The van der Waals surface area contributed by atoms with Gasteiger partial charge >= 0.3 is 11.7 Å². The summed E-state index contributed by atoms with van der Waals surface area (Å²) in [4.78, 5) is 41.1. The normalized spacial score (nSPS) is 30.7. The number of nitrogens with one attached hydrogen (secondary N) is 1. The number of ether oxygens (including phenoxy) is 3. The zero-order valence-corrected chi connectivity index (χ0v) is 26.4. The number of carbonyl (C=O) groups is 2. The molecule has 2 aromatic rings. The summed E-state index contributed by atoms with van der Waals surface area (Å²) in [5, 5.41) is 2.52. The van der Waals surface area contributed by atoms with Crippen LogP contribution < -0.4 is 11.0 Å². The molecule has 5 rings (SSSR count). The van der Waals surface area contributed by atoms with Gasteiger partial charge in [0.25, 0.3) is 8.53 Å². The summed E-state index contributed by atoms with van der Waals surface area (Å²) >= 11 is 0. The van der Waals surface area contributed by atoms with Gasteiger partial charge in [0.05, 0.1) is 17.6 Å².